The molecule has 0 radical (unpaired) electrons. The molecular formula is C12H11NO5S. The summed E-state index contributed by atoms with van der Waals surface area (Å²) in [6.07, 6.45) is 1.27. The number of aromatic carboxylic acids is 1. The highest BCUT2D eigenvalue weighted by molar-refractivity contribution is 7.89. The molecule has 0 aliphatic carbocycles. The van der Waals surface area contributed by atoms with Crippen LogP contribution in [0.4, 0.5) is 0 Å². The van der Waals surface area contributed by atoms with Gasteiger partial charge >= 0.3 is 5.97 Å². The predicted octanol–water partition coefficient (Wildman–Crippen LogP) is 1.46. The van der Waals surface area contributed by atoms with Crippen molar-refractivity contribution in [3.05, 3.63) is 53.8 Å². The van der Waals surface area contributed by atoms with Gasteiger partial charge in [0.2, 0.25) is 5.09 Å². The van der Waals surface area contributed by atoms with E-state index in [2.05, 4.69) is 4.72 Å². The zero-order valence-corrected chi connectivity index (χ0v) is 10.6. The molecule has 0 aliphatic heterocycles. The van der Waals surface area contributed by atoms with Crippen LogP contribution in [0.5, 0.6) is 0 Å². The Morgan fingerprint density at radius 1 is 1.21 bits per heavy atom. The summed E-state index contributed by atoms with van der Waals surface area (Å²) >= 11 is 0. The van der Waals surface area contributed by atoms with Crippen LogP contribution < -0.4 is 4.72 Å². The first kappa shape index (κ1) is 13.3. The van der Waals surface area contributed by atoms with Gasteiger partial charge in [0, 0.05) is 6.54 Å². The number of hydrogen-bond acceptors (Lipinski definition) is 4. The summed E-state index contributed by atoms with van der Waals surface area (Å²) in [4.78, 5) is 10.7. The van der Waals surface area contributed by atoms with Crippen molar-refractivity contribution in [1.82, 2.24) is 4.72 Å². The van der Waals surface area contributed by atoms with E-state index in [1.54, 1.807) is 12.1 Å². The summed E-state index contributed by atoms with van der Waals surface area (Å²) in [5.74, 6) is -1.03. The lowest BCUT2D eigenvalue weighted by Crippen LogP contribution is -2.22. The molecule has 2 N–H and O–H groups in total. The number of sulfonamides is 1. The number of furan rings is 1. The molecule has 2 rings (SSSR count). The van der Waals surface area contributed by atoms with E-state index < -0.39 is 16.0 Å². The molecule has 0 fully saturated rings. The highest BCUT2D eigenvalue weighted by Crippen LogP contribution is 2.10. The first-order valence-electron chi connectivity index (χ1n) is 5.34. The molecule has 0 aliphatic rings. The van der Waals surface area contributed by atoms with Gasteiger partial charge in [0.05, 0.1) is 11.8 Å². The average molecular weight is 281 g/mol. The van der Waals surface area contributed by atoms with Crippen molar-refractivity contribution < 1.29 is 22.7 Å². The van der Waals surface area contributed by atoms with Gasteiger partial charge in [0.15, 0.2) is 0 Å². The minimum Gasteiger partial charge on any atom is -0.478 e. The Balaban J connectivity index is 2.05. The first-order chi connectivity index (χ1) is 8.99. The van der Waals surface area contributed by atoms with E-state index in [1.807, 2.05) is 0 Å². The van der Waals surface area contributed by atoms with Crippen LogP contribution in [-0.2, 0) is 16.6 Å². The van der Waals surface area contributed by atoms with E-state index in [-0.39, 0.29) is 17.2 Å². The van der Waals surface area contributed by atoms with Gasteiger partial charge in [-0.2, -0.15) is 0 Å². The molecule has 0 spiro atoms. The van der Waals surface area contributed by atoms with E-state index in [0.29, 0.717) is 5.56 Å². The van der Waals surface area contributed by atoms with Crippen molar-refractivity contribution in [3.8, 4) is 0 Å². The second-order valence-corrected chi connectivity index (χ2v) is 5.46. The van der Waals surface area contributed by atoms with Crippen LogP contribution >= 0.6 is 0 Å². The van der Waals surface area contributed by atoms with Gasteiger partial charge in [0.25, 0.3) is 10.0 Å². The summed E-state index contributed by atoms with van der Waals surface area (Å²) in [7, 11) is -3.67. The third-order valence-corrected chi connectivity index (χ3v) is 3.71. The van der Waals surface area contributed by atoms with Crippen LogP contribution in [0.3, 0.4) is 0 Å². The van der Waals surface area contributed by atoms with E-state index in [4.69, 9.17) is 9.52 Å². The van der Waals surface area contributed by atoms with Crippen LogP contribution in [-0.4, -0.2) is 19.5 Å². The zero-order chi connectivity index (χ0) is 13.9. The number of hydrogen-bond donors (Lipinski definition) is 2. The molecule has 1 heterocycles. The standard InChI is InChI=1S/C12H11NO5S/c14-12(15)10-5-3-9(4-6-10)8-13-19(16,17)11-2-1-7-18-11/h1-7,13H,8H2,(H,14,15). The molecule has 0 bridgehead atoms. The number of nitrogens with one attached hydrogen (secondary N) is 1. The van der Waals surface area contributed by atoms with Crippen molar-refractivity contribution in [2.45, 2.75) is 11.6 Å². The molecule has 0 saturated carbocycles. The first-order valence-corrected chi connectivity index (χ1v) is 6.83. The molecule has 7 heteroatoms. The highest BCUT2D eigenvalue weighted by atomic mass is 32.2. The van der Waals surface area contributed by atoms with Gasteiger partial charge in [-0.3, -0.25) is 0 Å². The van der Waals surface area contributed by atoms with Gasteiger partial charge in [0.1, 0.15) is 0 Å². The summed E-state index contributed by atoms with van der Waals surface area (Å²) in [5.41, 5.74) is 0.803. The Morgan fingerprint density at radius 2 is 1.89 bits per heavy atom. The largest absolute Gasteiger partial charge is 0.478 e. The minimum absolute atomic E-state index is 0.0585. The monoisotopic (exact) mass is 281 g/mol. The van der Waals surface area contributed by atoms with Crippen molar-refractivity contribution in [1.29, 1.82) is 0 Å². The molecule has 1 aromatic carbocycles. The quantitative estimate of drug-likeness (QED) is 0.864. The summed E-state index contributed by atoms with van der Waals surface area (Å²) in [5, 5.41) is 8.58. The summed E-state index contributed by atoms with van der Waals surface area (Å²) < 4.78 is 30.7. The number of rotatable bonds is 5. The fraction of sp³-hybridized carbons (Fsp3) is 0.0833. The van der Waals surface area contributed by atoms with Crippen LogP contribution in [0.1, 0.15) is 15.9 Å². The number of benzene rings is 1. The fourth-order valence-corrected chi connectivity index (χ4v) is 2.37. The third-order valence-electron chi connectivity index (χ3n) is 2.43. The Hall–Kier alpha value is -2.12. The van der Waals surface area contributed by atoms with Crippen LogP contribution in [0.25, 0.3) is 0 Å². The molecule has 0 amide bonds. The smallest absolute Gasteiger partial charge is 0.335 e. The van der Waals surface area contributed by atoms with Crippen molar-refractivity contribution in [3.63, 3.8) is 0 Å². The lowest BCUT2D eigenvalue weighted by molar-refractivity contribution is 0.0697. The SMILES string of the molecule is O=C(O)c1ccc(CNS(=O)(=O)c2ccco2)cc1. The minimum atomic E-state index is -3.67. The molecule has 0 unspecified atom stereocenters. The molecule has 1 aromatic heterocycles. The molecule has 2 aromatic rings. The van der Waals surface area contributed by atoms with Crippen LogP contribution in [0, 0.1) is 0 Å². The molecular weight excluding hydrogens is 270 g/mol. The molecule has 100 valence electrons. The second kappa shape index (κ2) is 5.25. The van der Waals surface area contributed by atoms with Gasteiger partial charge in [-0.05, 0) is 29.8 Å². The predicted molar refractivity (Wildman–Crippen MR) is 66.1 cm³/mol. The Kier molecular flexibility index (Phi) is 3.68. The molecule has 0 saturated heterocycles. The van der Waals surface area contributed by atoms with E-state index in [9.17, 15) is 13.2 Å². The lowest BCUT2D eigenvalue weighted by atomic mass is 10.1. The summed E-state index contributed by atoms with van der Waals surface area (Å²) in [6, 6.07) is 8.76. The highest BCUT2D eigenvalue weighted by Gasteiger charge is 2.16. The lowest BCUT2D eigenvalue weighted by Gasteiger charge is -2.04. The second-order valence-electron chi connectivity index (χ2n) is 3.76. The third kappa shape index (κ3) is 3.21. The van der Waals surface area contributed by atoms with E-state index >= 15 is 0 Å². The van der Waals surface area contributed by atoms with E-state index in [0.717, 1.165) is 0 Å². The summed E-state index contributed by atoms with van der Waals surface area (Å²) in [6.45, 7) is 0.0585. The Bertz CT molecular complexity index is 659. The molecule has 19 heavy (non-hydrogen) atoms. The Morgan fingerprint density at radius 3 is 2.42 bits per heavy atom. The maximum atomic E-state index is 11.7. The number of carboxylic acids is 1. The topological polar surface area (TPSA) is 96.6 Å². The maximum absolute atomic E-state index is 11.7. The maximum Gasteiger partial charge on any atom is 0.335 e. The van der Waals surface area contributed by atoms with Crippen LogP contribution in [0.2, 0.25) is 0 Å². The fourth-order valence-electron chi connectivity index (χ4n) is 1.43. The van der Waals surface area contributed by atoms with Crippen LogP contribution in [0.15, 0.2) is 52.2 Å². The van der Waals surface area contributed by atoms with Gasteiger partial charge in [-0.25, -0.2) is 17.9 Å². The van der Waals surface area contributed by atoms with Gasteiger partial charge < -0.3 is 9.52 Å². The van der Waals surface area contributed by atoms with Crippen molar-refractivity contribution >= 4 is 16.0 Å². The van der Waals surface area contributed by atoms with Crippen molar-refractivity contribution in [2.75, 3.05) is 0 Å². The van der Waals surface area contributed by atoms with Gasteiger partial charge in [-0.15, -0.1) is 0 Å². The average Bonchev–Trinajstić information content (AvgIpc) is 2.91. The van der Waals surface area contributed by atoms with E-state index in [1.165, 1.54) is 30.5 Å². The van der Waals surface area contributed by atoms with Crippen molar-refractivity contribution in [2.24, 2.45) is 0 Å². The zero-order valence-electron chi connectivity index (χ0n) is 9.74. The Labute approximate surface area is 109 Å². The molecule has 6 nitrogen and oxygen atoms in total. The normalized spacial score (nSPS) is 11.4. The number of carboxylic acid groups (broad SMARTS) is 1. The number of carbonyl (C=O) groups is 1. The van der Waals surface area contributed by atoms with Gasteiger partial charge in [-0.1, -0.05) is 12.1 Å². The molecule has 0 atom stereocenters.